The van der Waals surface area contributed by atoms with Crippen LogP contribution in [0.3, 0.4) is 0 Å². The number of aliphatic hydroxyl groups excluding tert-OH is 2. The molecule has 0 bridgehead atoms. The van der Waals surface area contributed by atoms with E-state index in [1.165, 1.54) is 6.07 Å². The molecule has 0 radical (unpaired) electrons. The molecule has 2 atom stereocenters. The van der Waals surface area contributed by atoms with Gasteiger partial charge in [-0.1, -0.05) is 6.07 Å². The van der Waals surface area contributed by atoms with E-state index in [0.717, 1.165) is 0 Å². The summed E-state index contributed by atoms with van der Waals surface area (Å²) in [6.07, 6.45) is -2.84. The van der Waals surface area contributed by atoms with Gasteiger partial charge in [-0.25, -0.2) is 4.79 Å². The third kappa shape index (κ3) is 2.41. The van der Waals surface area contributed by atoms with Crippen molar-refractivity contribution in [2.24, 2.45) is 5.73 Å². The highest BCUT2D eigenvalue weighted by Crippen LogP contribution is 2.21. The van der Waals surface area contributed by atoms with Crippen LogP contribution in [0.4, 0.5) is 0 Å². The van der Waals surface area contributed by atoms with Gasteiger partial charge in [-0.05, 0) is 17.7 Å². The number of H-pyrrole nitrogens is 2. The number of hydrogen-bond donors (Lipinski definition) is 5. The van der Waals surface area contributed by atoms with E-state index in [0.29, 0.717) is 16.6 Å². The van der Waals surface area contributed by atoms with Gasteiger partial charge < -0.3 is 25.9 Å². The first-order chi connectivity index (χ1) is 8.47. The van der Waals surface area contributed by atoms with E-state index in [9.17, 15) is 19.8 Å². The third-order valence-electron chi connectivity index (χ3n) is 2.66. The molecule has 0 saturated carbocycles. The van der Waals surface area contributed by atoms with Gasteiger partial charge in [-0.3, -0.25) is 4.79 Å². The maximum atomic E-state index is 11.1. The number of fused-ring (bicyclic) bond motifs is 1. The molecule has 0 spiro atoms. The fraction of sp³-hybridized carbons (Fsp3) is 0.273. The minimum atomic E-state index is -1.27. The number of nitrogens with two attached hydrogens (primary N) is 1. The Hall–Kier alpha value is -2.12. The van der Waals surface area contributed by atoms with E-state index in [1.54, 1.807) is 12.1 Å². The van der Waals surface area contributed by atoms with E-state index >= 15 is 0 Å². The molecule has 0 aliphatic heterocycles. The molecule has 18 heavy (non-hydrogen) atoms. The van der Waals surface area contributed by atoms with Crippen LogP contribution >= 0.6 is 0 Å². The van der Waals surface area contributed by atoms with Gasteiger partial charge in [0.1, 0.15) is 6.10 Å². The molecule has 0 saturated heterocycles. The van der Waals surface area contributed by atoms with Crippen molar-refractivity contribution in [2.75, 3.05) is 0 Å². The Morgan fingerprint density at radius 1 is 1.28 bits per heavy atom. The second kappa shape index (κ2) is 4.63. The second-order valence-corrected chi connectivity index (χ2v) is 4.07. The average molecular weight is 251 g/mol. The predicted molar refractivity (Wildman–Crippen MR) is 63.7 cm³/mol. The summed E-state index contributed by atoms with van der Waals surface area (Å²) in [6, 6.07) is 4.69. The van der Waals surface area contributed by atoms with Crippen molar-refractivity contribution in [1.82, 2.24) is 9.97 Å². The van der Waals surface area contributed by atoms with E-state index in [4.69, 9.17) is 5.73 Å². The van der Waals surface area contributed by atoms with Crippen LogP contribution in [0.15, 0.2) is 23.0 Å². The zero-order valence-electron chi connectivity index (χ0n) is 9.38. The molecule has 0 aliphatic rings. The van der Waals surface area contributed by atoms with Gasteiger partial charge in [0.05, 0.1) is 23.6 Å². The van der Waals surface area contributed by atoms with Crippen LogP contribution < -0.4 is 11.4 Å². The molecule has 2 unspecified atom stereocenters. The lowest BCUT2D eigenvalue weighted by Gasteiger charge is -2.16. The number of carbonyl (C=O) groups excluding carboxylic acids is 1. The molecule has 96 valence electrons. The zero-order chi connectivity index (χ0) is 13.3. The first-order valence-corrected chi connectivity index (χ1v) is 5.34. The summed E-state index contributed by atoms with van der Waals surface area (Å²) in [7, 11) is 0. The number of hydrogen-bond acceptors (Lipinski definition) is 4. The largest absolute Gasteiger partial charge is 0.390 e. The van der Waals surface area contributed by atoms with Crippen molar-refractivity contribution in [3.63, 3.8) is 0 Å². The first kappa shape index (κ1) is 12.3. The van der Waals surface area contributed by atoms with Crippen molar-refractivity contribution in [2.45, 2.75) is 18.6 Å². The number of aromatic nitrogens is 2. The van der Waals surface area contributed by atoms with E-state index in [1.807, 2.05) is 0 Å². The topological polar surface area (TPSA) is 132 Å². The van der Waals surface area contributed by atoms with Gasteiger partial charge in [0.2, 0.25) is 5.91 Å². The maximum absolute atomic E-state index is 11.1. The zero-order valence-corrected chi connectivity index (χ0v) is 9.38. The molecular weight excluding hydrogens is 238 g/mol. The SMILES string of the molecule is NC(=O)CC(O)C(O)c1ccc2[nH]c(=O)[nH]c2c1. The standard InChI is InChI=1S/C11H13N3O4/c12-9(16)4-8(15)10(17)5-1-2-6-7(3-5)14-11(18)13-6/h1-3,8,10,15,17H,4H2,(H2,12,16)(H2,13,14,18). The van der Waals surface area contributed by atoms with Gasteiger partial charge in [-0.15, -0.1) is 0 Å². The number of carbonyl (C=O) groups is 1. The first-order valence-electron chi connectivity index (χ1n) is 5.34. The third-order valence-corrected chi connectivity index (χ3v) is 2.66. The molecule has 1 heterocycles. The summed E-state index contributed by atoms with van der Waals surface area (Å²) in [4.78, 5) is 26.8. The molecule has 6 N–H and O–H groups in total. The minimum Gasteiger partial charge on any atom is -0.390 e. The molecule has 2 rings (SSSR count). The molecular formula is C11H13N3O4. The number of rotatable bonds is 4. The highest BCUT2D eigenvalue weighted by atomic mass is 16.3. The molecule has 7 heteroatoms. The monoisotopic (exact) mass is 251 g/mol. The molecule has 1 amide bonds. The fourth-order valence-corrected chi connectivity index (χ4v) is 1.77. The maximum Gasteiger partial charge on any atom is 0.323 e. The van der Waals surface area contributed by atoms with Crippen LogP contribution in [0.1, 0.15) is 18.1 Å². The highest BCUT2D eigenvalue weighted by Gasteiger charge is 2.20. The van der Waals surface area contributed by atoms with Crippen LogP contribution in [0, 0.1) is 0 Å². The highest BCUT2D eigenvalue weighted by molar-refractivity contribution is 5.76. The van der Waals surface area contributed by atoms with Crippen molar-refractivity contribution < 1.29 is 15.0 Å². The number of primary amides is 1. The molecule has 0 fully saturated rings. The van der Waals surface area contributed by atoms with Crippen LogP contribution in [0.5, 0.6) is 0 Å². The number of benzene rings is 1. The smallest absolute Gasteiger partial charge is 0.323 e. The molecule has 7 nitrogen and oxygen atoms in total. The Morgan fingerprint density at radius 3 is 2.61 bits per heavy atom. The summed E-state index contributed by atoms with van der Waals surface area (Å²) in [5.41, 5.74) is 6.10. The lowest BCUT2D eigenvalue weighted by atomic mass is 10.0. The number of amides is 1. The summed E-state index contributed by atoms with van der Waals surface area (Å²) >= 11 is 0. The van der Waals surface area contributed by atoms with E-state index < -0.39 is 18.1 Å². The van der Waals surface area contributed by atoms with Crippen molar-refractivity contribution in [1.29, 1.82) is 0 Å². The number of aromatic amines is 2. The van der Waals surface area contributed by atoms with E-state index in [-0.39, 0.29) is 12.1 Å². The molecule has 2 aromatic rings. The molecule has 1 aromatic heterocycles. The van der Waals surface area contributed by atoms with Crippen LogP contribution in [0.25, 0.3) is 11.0 Å². The quantitative estimate of drug-likeness (QED) is 0.483. The average Bonchev–Trinajstić information content (AvgIpc) is 2.65. The Kier molecular flexibility index (Phi) is 3.17. The predicted octanol–water partition coefficient (Wildman–Crippen LogP) is -0.874. The van der Waals surface area contributed by atoms with Crippen LogP contribution in [-0.4, -0.2) is 32.2 Å². The van der Waals surface area contributed by atoms with Crippen molar-refractivity contribution in [3.05, 3.63) is 34.2 Å². The normalized spacial score (nSPS) is 14.6. The molecule has 0 aliphatic carbocycles. The fourth-order valence-electron chi connectivity index (χ4n) is 1.77. The minimum absolute atomic E-state index is 0.330. The number of imidazole rings is 1. The Balaban J connectivity index is 2.29. The Labute approximate surface area is 101 Å². The van der Waals surface area contributed by atoms with E-state index in [2.05, 4.69) is 9.97 Å². The van der Waals surface area contributed by atoms with Crippen molar-refractivity contribution in [3.8, 4) is 0 Å². The van der Waals surface area contributed by atoms with Gasteiger partial charge in [0.15, 0.2) is 0 Å². The van der Waals surface area contributed by atoms with Gasteiger partial charge >= 0.3 is 5.69 Å². The van der Waals surface area contributed by atoms with Crippen LogP contribution in [-0.2, 0) is 4.79 Å². The summed E-state index contributed by atoms with van der Waals surface area (Å²) in [5, 5.41) is 19.4. The summed E-state index contributed by atoms with van der Waals surface area (Å²) in [5.74, 6) is -0.697. The summed E-state index contributed by atoms with van der Waals surface area (Å²) in [6.45, 7) is 0. The van der Waals surface area contributed by atoms with Gasteiger partial charge in [0, 0.05) is 0 Å². The number of aliphatic hydroxyl groups is 2. The second-order valence-electron chi connectivity index (χ2n) is 4.07. The lowest BCUT2D eigenvalue weighted by molar-refractivity contribution is -0.121. The van der Waals surface area contributed by atoms with Gasteiger partial charge in [0.25, 0.3) is 0 Å². The Bertz CT molecular complexity index is 630. The lowest BCUT2D eigenvalue weighted by Crippen LogP contribution is -2.25. The molecule has 1 aromatic carbocycles. The van der Waals surface area contributed by atoms with Crippen molar-refractivity contribution >= 4 is 16.9 Å². The number of nitrogens with one attached hydrogen (secondary N) is 2. The summed E-state index contributed by atoms with van der Waals surface area (Å²) < 4.78 is 0. The van der Waals surface area contributed by atoms with Gasteiger partial charge in [-0.2, -0.15) is 0 Å². The van der Waals surface area contributed by atoms with Crippen LogP contribution in [0.2, 0.25) is 0 Å². The Morgan fingerprint density at radius 2 is 1.94 bits per heavy atom.